The molecule has 0 aromatic heterocycles. The first-order valence-electron chi connectivity index (χ1n) is 5.68. The van der Waals surface area contributed by atoms with E-state index >= 15 is 0 Å². The van der Waals surface area contributed by atoms with Crippen LogP contribution >= 0.6 is 0 Å². The molecule has 86 valence electrons. The van der Waals surface area contributed by atoms with Crippen molar-refractivity contribution in [2.45, 2.75) is 20.0 Å². The van der Waals surface area contributed by atoms with E-state index in [2.05, 4.69) is 35.6 Å². The van der Waals surface area contributed by atoms with Gasteiger partial charge in [-0.3, -0.25) is 4.90 Å². The van der Waals surface area contributed by atoms with Crippen LogP contribution in [0, 0.1) is 11.8 Å². The molecule has 1 heterocycles. The van der Waals surface area contributed by atoms with Crippen molar-refractivity contribution in [2.24, 2.45) is 0 Å². The van der Waals surface area contributed by atoms with Crippen LogP contribution in [0.3, 0.4) is 0 Å². The van der Waals surface area contributed by atoms with Crippen LogP contribution in [0.15, 0.2) is 0 Å². The molecule has 3 heteroatoms. The monoisotopic (exact) mass is 210 g/mol. The van der Waals surface area contributed by atoms with Crippen molar-refractivity contribution in [3.05, 3.63) is 0 Å². The molecule has 0 spiro atoms. The van der Waals surface area contributed by atoms with Gasteiger partial charge in [0.25, 0.3) is 0 Å². The van der Waals surface area contributed by atoms with Gasteiger partial charge in [0.1, 0.15) is 0 Å². The first-order chi connectivity index (χ1) is 7.26. The topological polar surface area (TPSA) is 15.7 Å². The molecule has 0 unspecified atom stereocenters. The third kappa shape index (κ3) is 4.65. The van der Waals surface area contributed by atoms with Gasteiger partial charge in [-0.2, -0.15) is 0 Å². The summed E-state index contributed by atoms with van der Waals surface area (Å²) in [5.41, 5.74) is 0. The minimum absolute atomic E-state index is 0.349. The van der Waals surface area contributed by atoms with Crippen LogP contribution in [0.4, 0.5) is 0 Å². The Morgan fingerprint density at radius 1 is 1.53 bits per heavy atom. The Morgan fingerprint density at radius 2 is 2.33 bits per heavy atom. The lowest BCUT2D eigenvalue weighted by Gasteiger charge is -2.33. The van der Waals surface area contributed by atoms with Crippen molar-refractivity contribution < 1.29 is 4.74 Å². The van der Waals surface area contributed by atoms with E-state index < -0.39 is 0 Å². The van der Waals surface area contributed by atoms with Gasteiger partial charge in [-0.15, -0.1) is 5.92 Å². The zero-order chi connectivity index (χ0) is 11.1. The quantitative estimate of drug-likeness (QED) is 0.634. The lowest BCUT2D eigenvalue weighted by molar-refractivity contribution is -0.0358. The Hall–Kier alpha value is -0.560. The SMILES string of the molecule is CC#CCN1CCO[C@@H](CN(C)CC)C1. The fourth-order valence-corrected chi connectivity index (χ4v) is 1.70. The molecule has 1 fully saturated rings. The van der Waals surface area contributed by atoms with Gasteiger partial charge < -0.3 is 9.64 Å². The Balaban J connectivity index is 2.30. The molecule has 0 aromatic rings. The van der Waals surface area contributed by atoms with E-state index in [-0.39, 0.29) is 0 Å². The predicted molar refractivity (Wildman–Crippen MR) is 62.8 cm³/mol. The molecule has 0 bridgehead atoms. The summed E-state index contributed by atoms with van der Waals surface area (Å²) in [7, 11) is 2.13. The van der Waals surface area contributed by atoms with Crippen LogP contribution in [0.25, 0.3) is 0 Å². The maximum Gasteiger partial charge on any atom is 0.0829 e. The molecule has 0 N–H and O–H groups in total. The smallest absolute Gasteiger partial charge is 0.0829 e. The van der Waals surface area contributed by atoms with Crippen LogP contribution in [0.1, 0.15) is 13.8 Å². The molecule has 0 radical (unpaired) electrons. The van der Waals surface area contributed by atoms with Gasteiger partial charge >= 0.3 is 0 Å². The largest absolute Gasteiger partial charge is 0.374 e. The average Bonchev–Trinajstić information content (AvgIpc) is 2.26. The van der Waals surface area contributed by atoms with Crippen molar-refractivity contribution in [3.8, 4) is 11.8 Å². The second-order valence-electron chi connectivity index (χ2n) is 4.01. The highest BCUT2D eigenvalue weighted by Gasteiger charge is 2.20. The second-order valence-corrected chi connectivity index (χ2v) is 4.01. The maximum absolute atomic E-state index is 5.73. The van der Waals surface area contributed by atoms with Crippen molar-refractivity contribution in [2.75, 3.05) is 46.4 Å². The first kappa shape index (κ1) is 12.5. The summed E-state index contributed by atoms with van der Waals surface area (Å²) in [5, 5.41) is 0. The van der Waals surface area contributed by atoms with Crippen LogP contribution in [-0.2, 0) is 4.74 Å². The van der Waals surface area contributed by atoms with E-state index in [0.717, 1.165) is 39.3 Å². The highest BCUT2D eigenvalue weighted by atomic mass is 16.5. The fraction of sp³-hybridized carbons (Fsp3) is 0.833. The van der Waals surface area contributed by atoms with Gasteiger partial charge in [0.2, 0.25) is 0 Å². The van der Waals surface area contributed by atoms with E-state index in [9.17, 15) is 0 Å². The molecule has 0 aliphatic carbocycles. The summed E-state index contributed by atoms with van der Waals surface area (Å²) < 4.78 is 5.73. The van der Waals surface area contributed by atoms with Gasteiger partial charge in [-0.1, -0.05) is 12.8 Å². The number of likely N-dealkylation sites (N-methyl/N-ethyl adjacent to an activating group) is 1. The molecule has 0 aromatic carbocycles. The van der Waals surface area contributed by atoms with Crippen LogP contribution in [-0.4, -0.2) is 62.3 Å². The summed E-state index contributed by atoms with van der Waals surface area (Å²) in [4.78, 5) is 4.66. The number of hydrogen-bond acceptors (Lipinski definition) is 3. The van der Waals surface area contributed by atoms with E-state index in [1.165, 1.54) is 0 Å². The van der Waals surface area contributed by atoms with E-state index in [4.69, 9.17) is 4.74 Å². The number of hydrogen-bond donors (Lipinski definition) is 0. The molecule has 3 nitrogen and oxygen atoms in total. The predicted octanol–water partition coefficient (Wildman–Crippen LogP) is 0.662. The molecule has 0 saturated carbocycles. The van der Waals surface area contributed by atoms with Crippen LogP contribution < -0.4 is 0 Å². The standard InChI is InChI=1S/C12H22N2O/c1-4-6-7-14-8-9-15-12(11-14)10-13(3)5-2/h12H,5,7-11H2,1-3H3/t12-/m0/s1. The Bertz CT molecular complexity index is 232. The molecule has 1 aliphatic rings. The number of nitrogens with zero attached hydrogens (tertiary/aromatic N) is 2. The summed E-state index contributed by atoms with van der Waals surface area (Å²) in [6.07, 6.45) is 0.349. The lowest BCUT2D eigenvalue weighted by atomic mass is 10.2. The van der Waals surface area contributed by atoms with E-state index in [0.29, 0.717) is 6.10 Å². The van der Waals surface area contributed by atoms with Crippen molar-refractivity contribution in [3.63, 3.8) is 0 Å². The maximum atomic E-state index is 5.73. The van der Waals surface area contributed by atoms with Gasteiger partial charge in [-0.05, 0) is 20.5 Å². The van der Waals surface area contributed by atoms with Crippen molar-refractivity contribution in [1.82, 2.24) is 9.80 Å². The molecule has 1 saturated heterocycles. The highest BCUT2D eigenvalue weighted by molar-refractivity contribution is 4.98. The van der Waals surface area contributed by atoms with Gasteiger partial charge in [-0.25, -0.2) is 0 Å². The Kier molecular flexibility index (Phi) is 5.70. The Labute approximate surface area is 93.4 Å². The normalized spacial score (nSPS) is 22.5. The minimum atomic E-state index is 0.349. The molecule has 15 heavy (non-hydrogen) atoms. The number of ether oxygens (including phenoxy) is 1. The van der Waals surface area contributed by atoms with Gasteiger partial charge in [0.05, 0.1) is 19.3 Å². The molecule has 1 aliphatic heterocycles. The third-order valence-corrected chi connectivity index (χ3v) is 2.76. The zero-order valence-electron chi connectivity index (χ0n) is 10.1. The van der Waals surface area contributed by atoms with Crippen molar-refractivity contribution in [1.29, 1.82) is 0 Å². The molecular weight excluding hydrogens is 188 g/mol. The summed E-state index contributed by atoms with van der Waals surface area (Å²) in [6.45, 7) is 9.91. The first-order valence-corrected chi connectivity index (χ1v) is 5.68. The van der Waals surface area contributed by atoms with Crippen molar-refractivity contribution >= 4 is 0 Å². The molecular formula is C12H22N2O. The third-order valence-electron chi connectivity index (χ3n) is 2.76. The molecule has 0 amide bonds. The highest BCUT2D eigenvalue weighted by Crippen LogP contribution is 2.05. The fourth-order valence-electron chi connectivity index (χ4n) is 1.70. The lowest BCUT2D eigenvalue weighted by Crippen LogP contribution is -2.46. The summed E-state index contributed by atoms with van der Waals surface area (Å²) in [6, 6.07) is 0. The molecule has 1 atom stereocenters. The summed E-state index contributed by atoms with van der Waals surface area (Å²) >= 11 is 0. The average molecular weight is 210 g/mol. The number of morpholine rings is 1. The zero-order valence-corrected chi connectivity index (χ0v) is 10.1. The second kappa shape index (κ2) is 6.84. The van der Waals surface area contributed by atoms with Crippen LogP contribution in [0.5, 0.6) is 0 Å². The number of rotatable bonds is 4. The summed E-state index contributed by atoms with van der Waals surface area (Å²) in [5.74, 6) is 6.05. The minimum Gasteiger partial charge on any atom is -0.374 e. The van der Waals surface area contributed by atoms with Crippen LogP contribution in [0.2, 0.25) is 0 Å². The van der Waals surface area contributed by atoms with E-state index in [1.807, 2.05) is 6.92 Å². The Morgan fingerprint density at radius 3 is 3.00 bits per heavy atom. The van der Waals surface area contributed by atoms with Gasteiger partial charge in [0, 0.05) is 19.6 Å². The van der Waals surface area contributed by atoms with E-state index in [1.54, 1.807) is 0 Å². The molecule has 1 rings (SSSR count). The van der Waals surface area contributed by atoms with Gasteiger partial charge in [0.15, 0.2) is 0 Å².